The van der Waals surface area contributed by atoms with E-state index in [1.807, 2.05) is 30.3 Å². The molecule has 3 aromatic rings. The number of nitrogens with two attached hydrogens (primary N) is 1. The molecule has 4 N–H and O–H groups in total. The molecule has 198 valence electrons. The summed E-state index contributed by atoms with van der Waals surface area (Å²) in [6, 6.07) is 19.7. The van der Waals surface area contributed by atoms with Gasteiger partial charge in [0.2, 0.25) is 0 Å². The van der Waals surface area contributed by atoms with Crippen LogP contribution in [0.25, 0.3) is 0 Å². The van der Waals surface area contributed by atoms with Crippen molar-refractivity contribution in [1.82, 2.24) is 10.7 Å². The Morgan fingerprint density at radius 3 is 2.39 bits per heavy atom. The summed E-state index contributed by atoms with van der Waals surface area (Å²) >= 11 is 12.1. The first-order valence-corrected chi connectivity index (χ1v) is 12.3. The molecule has 3 rings (SSSR count). The van der Waals surface area contributed by atoms with Crippen molar-refractivity contribution >= 4 is 47.1 Å². The predicted molar refractivity (Wildman–Crippen MR) is 145 cm³/mol. The van der Waals surface area contributed by atoms with Gasteiger partial charge >= 0.3 is 0 Å². The fourth-order valence-corrected chi connectivity index (χ4v) is 3.73. The van der Waals surface area contributed by atoms with Crippen LogP contribution in [-0.2, 0) is 20.8 Å². The summed E-state index contributed by atoms with van der Waals surface area (Å²) in [4.78, 5) is 37.0. The van der Waals surface area contributed by atoms with Gasteiger partial charge in [0.15, 0.2) is 12.7 Å². The number of halogens is 2. The van der Waals surface area contributed by atoms with Gasteiger partial charge in [0, 0.05) is 17.0 Å². The quantitative estimate of drug-likeness (QED) is 0.232. The van der Waals surface area contributed by atoms with Gasteiger partial charge in [0.25, 0.3) is 17.7 Å². The summed E-state index contributed by atoms with van der Waals surface area (Å²) in [5.41, 5.74) is 8.92. The van der Waals surface area contributed by atoms with Crippen LogP contribution in [-0.4, -0.2) is 42.7 Å². The number of para-hydroxylation sites is 1. The second-order valence-electron chi connectivity index (χ2n) is 8.11. The normalized spacial score (nSPS) is 12.4. The molecule has 0 heterocycles. The van der Waals surface area contributed by atoms with Crippen LogP contribution in [0.5, 0.6) is 11.5 Å². The first-order chi connectivity index (χ1) is 18.2. The Hall–Kier alpha value is -4.08. The summed E-state index contributed by atoms with van der Waals surface area (Å²) in [7, 11) is 0. The summed E-state index contributed by atoms with van der Waals surface area (Å²) < 4.78 is 11.0. The van der Waals surface area contributed by atoms with E-state index in [1.54, 1.807) is 43.3 Å². The molecular formula is C27H26Cl2N4O5. The summed E-state index contributed by atoms with van der Waals surface area (Å²) in [5.74, 6) is -1.05. The first kappa shape index (κ1) is 28.5. The molecule has 9 nitrogen and oxygen atoms in total. The molecule has 0 aromatic heterocycles. The van der Waals surface area contributed by atoms with Crippen LogP contribution < -0.4 is 25.9 Å². The van der Waals surface area contributed by atoms with E-state index >= 15 is 0 Å². The molecule has 0 aliphatic heterocycles. The highest BCUT2D eigenvalue weighted by Gasteiger charge is 2.25. The lowest BCUT2D eigenvalue weighted by atomic mass is 10.1. The number of amides is 3. The van der Waals surface area contributed by atoms with E-state index in [0.29, 0.717) is 16.3 Å². The zero-order valence-electron chi connectivity index (χ0n) is 20.4. The Balaban J connectivity index is 1.70. The van der Waals surface area contributed by atoms with Gasteiger partial charge in [-0.2, -0.15) is 5.10 Å². The number of nitrogens with one attached hydrogen (secondary N) is 2. The van der Waals surface area contributed by atoms with Crippen LogP contribution in [0.3, 0.4) is 0 Å². The van der Waals surface area contributed by atoms with Crippen LogP contribution in [0, 0.1) is 0 Å². The van der Waals surface area contributed by atoms with E-state index in [2.05, 4.69) is 15.8 Å². The number of hydrogen-bond donors (Lipinski definition) is 3. The maximum absolute atomic E-state index is 13.0. The van der Waals surface area contributed by atoms with Crippen LogP contribution in [0.2, 0.25) is 10.0 Å². The van der Waals surface area contributed by atoms with E-state index < -0.39 is 29.9 Å². The largest absolute Gasteiger partial charge is 0.483 e. The van der Waals surface area contributed by atoms with E-state index in [1.165, 1.54) is 12.3 Å². The van der Waals surface area contributed by atoms with Gasteiger partial charge < -0.3 is 20.5 Å². The minimum Gasteiger partial charge on any atom is -0.483 e. The Morgan fingerprint density at radius 1 is 0.974 bits per heavy atom. The fraction of sp³-hybridized carbons (Fsp3) is 0.185. The monoisotopic (exact) mass is 556 g/mol. The minimum absolute atomic E-state index is 0.209. The second kappa shape index (κ2) is 14.0. The van der Waals surface area contributed by atoms with Crippen LogP contribution in [0.4, 0.5) is 0 Å². The number of ether oxygens (including phenoxy) is 2. The number of nitrogens with zero attached hydrogens (tertiary/aromatic N) is 1. The van der Waals surface area contributed by atoms with Gasteiger partial charge in [0.05, 0.1) is 11.2 Å². The van der Waals surface area contributed by atoms with Crippen LogP contribution in [0.1, 0.15) is 18.1 Å². The highest BCUT2D eigenvalue weighted by atomic mass is 35.5. The molecule has 0 aliphatic rings. The maximum Gasteiger partial charge on any atom is 0.262 e. The highest BCUT2D eigenvalue weighted by Crippen LogP contribution is 2.28. The van der Waals surface area contributed by atoms with Gasteiger partial charge in [-0.05, 0) is 42.8 Å². The number of primary amides is 1. The molecule has 3 amide bonds. The van der Waals surface area contributed by atoms with E-state index in [0.717, 1.165) is 5.56 Å². The Kier molecular flexibility index (Phi) is 10.5. The van der Waals surface area contributed by atoms with E-state index in [4.69, 9.17) is 38.4 Å². The summed E-state index contributed by atoms with van der Waals surface area (Å²) in [5, 5.41) is 7.40. The van der Waals surface area contributed by atoms with Crippen LogP contribution in [0.15, 0.2) is 77.9 Å². The lowest BCUT2D eigenvalue weighted by Crippen LogP contribution is -2.50. The Labute approximate surface area is 229 Å². The van der Waals surface area contributed by atoms with Crippen molar-refractivity contribution in [2.45, 2.75) is 25.5 Å². The van der Waals surface area contributed by atoms with Crippen molar-refractivity contribution in [2.75, 3.05) is 6.61 Å². The molecular weight excluding hydrogens is 531 g/mol. The third kappa shape index (κ3) is 8.79. The molecule has 0 fully saturated rings. The number of hydrogen-bond acceptors (Lipinski definition) is 6. The lowest BCUT2D eigenvalue weighted by Gasteiger charge is -2.21. The molecule has 11 heteroatoms. The molecule has 0 saturated carbocycles. The molecule has 2 atom stereocenters. The first-order valence-electron chi connectivity index (χ1n) is 11.5. The third-order valence-electron chi connectivity index (χ3n) is 5.15. The summed E-state index contributed by atoms with van der Waals surface area (Å²) in [6.07, 6.45) is 0.613. The van der Waals surface area contributed by atoms with Crippen molar-refractivity contribution in [3.8, 4) is 11.5 Å². The molecule has 0 radical (unpaired) electrons. The average Bonchev–Trinajstić information content (AvgIpc) is 2.89. The Bertz CT molecular complexity index is 1300. The smallest absolute Gasteiger partial charge is 0.262 e. The SMILES string of the molecule is C[C@@H](Oc1ccc(Cl)cc1Cl)C(=O)N[C@H](Cc1ccccc1)C(=O)N/N=C\c1ccccc1OCC(N)=O. The third-order valence-corrected chi connectivity index (χ3v) is 5.68. The molecule has 0 aliphatic carbocycles. The molecule has 0 saturated heterocycles. The summed E-state index contributed by atoms with van der Waals surface area (Å²) in [6.45, 7) is 1.24. The fourth-order valence-electron chi connectivity index (χ4n) is 3.27. The number of benzene rings is 3. The highest BCUT2D eigenvalue weighted by molar-refractivity contribution is 6.35. The molecule has 0 unspecified atom stereocenters. The van der Waals surface area contributed by atoms with Crippen molar-refractivity contribution in [1.29, 1.82) is 0 Å². The standard InChI is InChI=1S/C27H26Cl2N4O5/c1-17(38-24-12-11-20(28)14-21(24)29)26(35)32-22(13-18-7-3-2-4-8-18)27(36)33-31-15-19-9-5-6-10-23(19)37-16-25(30)34/h2-12,14-15,17,22H,13,16H2,1H3,(H2,30,34)(H,32,35)(H,33,36)/b31-15-/t17-,22-/m1/s1. The number of rotatable bonds is 12. The molecule has 38 heavy (non-hydrogen) atoms. The van der Waals surface area contributed by atoms with Gasteiger partial charge in [-0.15, -0.1) is 0 Å². The number of carbonyl (C=O) groups excluding carboxylic acids is 3. The number of carbonyl (C=O) groups is 3. The minimum atomic E-state index is -0.963. The van der Waals surface area contributed by atoms with Crippen LogP contribution >= 0.6 is 23.2 Å². The average molecular weight is 557 g/mol. The van der Waals surface area contributed by atoms with E-state index in [-0.39, 0.29) is 23.8 Å². The molecule has 0 bridgehead atoms. The van der Waals surface area contributed by atoms with Gasteiger partial charge in [-0.1, -0.05) is 65.7 Å². The zero-order valence-corrected chi connectivity index (χ0v) is 21.9. The molecule has 3 aromatic carbocycles. The predicted octanol–water partition coefficient (Wildman–Crippen LogP) is 3.50. The van der Waals surface area contributed by atoms with E-state index in [9.17, 15) is 14.4 Å². The van der Waals surface area contributed by atoms with Gasteiger partial charge in [-0.3, -0.25) is 14.4 Å². The van der Waals surface area contributed by atoms with Crippen molar-refractivity contribution in [3.05, 3.63) is 94.0 Å². The second-order valence-corrected chi connectivity index (χ2v) is 8.96. The maximum atomic E-state index is 13.0. The molecule has 0 spiro atoms. The van der Waals surface area contributed by atoms with Crippen molar-refractivity contribution in [3.63, 3.8) is 0 Å². The Morgan fingerprint density at radius 2 is 1.68 bits per heavy atom. The van der Waals surface area contributed by atoms with Crippen molar-refractivity contribution in [2.24, 2.45) is 10.8 Å². The van der Waals surface area contributed by atoms with Gasteiger partial charge in [-0.25, -0.2) is 5.43 Å². The zero-order chi connectivity index (χ0) is 27.5. The van der Waals surface area contributed by atoms with Gasteiger partial charge in [0.1, 0.15) is 17.5 Å². The van der Waals surface area contributed by atoms with Crippen molar-refractivity contribution < 1.29 is 23.9 Å². The lowest BCUT2D eigenvalue weighted by molar-refractivity contribution is -0.132. The topological polar surface area (TPSA) is 132 Å². The number of hydrazone groups is 1.